The van der Waals surface area contributed by atoms with E-state index < -0.39 is 0 Å². The standard InChI is InChI=1S/C9H14O2/c1-6(11)4-9(3)7(2)8(9)5-10/h5,7-8H,4H2,1-3H3. The summed E-state index contributed by atoms with van der Waals surface area (Å²) in [7, 11) is 0. The summed E-state index contributed by atoms with van der Waals surface area (Å²) in [5.41, 5.74) is -0.0203. The fraction of sp³-hybridized carbons (Fsp3) is 0.778. The van der Waals surface area contributed by atoms with Crippen LogP contribution in [0.4, 0.5) is 0 Å². The second-order valence-electron chi connectivity index (χ2n) is 3.84. The van der Waals surface area contributed by atoms with Crippen LogP contribution in [0.25, 0.3) is 0 Å². The van der Waals surface area contributed by atoms with Gasteiger partial charge in [-0.1, -0.05) is 13.8 Å². The lowest BCUT2D eigenvalue weighted by Crippen LogP contribution is -2.06. The van der Waals surface area contributed by atoms with E-state index in [1.54, 1.807) is 6.92 Å². The Bertz CT molecular complexity index is 198. The Morgan fingerprint density at radius 2 is 2.18 bits per heavy atom. The maximum atomic E-state index is 10.8. The van der Waals surface area contributed by atoms with Crippen LogP contribution < -0.4 is 0 Å². The molecule has 3 unspecified atom stereocenters. The second-order valence-corrected chi connectivity index (χ2v) is 3.84. The first kappa shape index (κ1) is 8.44. The van der Waals surface area contributed by atoms with E-state index in [1.807, 2.05) is 13.8 Å². The van der Waals surface area contributed by atoms with Gasteiger partial charge in [0.05, 0.1) is 0 Å². The average Bonchev–Trinajstić information content (AvgIpc) is 2.33. The maximum absolute atomic E-state index is 10.8. The summed E-state index contributed by atoms with van der Waals surface area (Å²) in [5, 5.41) is 0. The topological polar surface area (TPSA) is 34.1 Å². The molecule has 1 aliphatic carbocycles. The van der Waals surface area contributed by atoms with Gasteiger partial charge in [-0.05, 0) is 18.3 Å². The molecule has 0 bridgehead atoms. The molecule has 0 heterocycles. The fourth-order valence-corrected chi connectivity index (χ4v) is 1.93. The molecule has 2 nitrogen and oxygen atoms in total. The van der Waals surface area contributed by atoms with E-state index in [1.165, 1.54) is 0 Å². The van der Waals surface area contributed by atoms with Crippen LogP contribution in [0.5, 0.6) is 0 Å². The number of aldehydes is 1. The highest BCUT2D eigenvalue weighted by Crippen LogP contribution is 2.59. The lowest BCUT2D eigenvalue weighted by Gasteiger charge is -2.05. The minimum Gasteiger partial charge on any atom is -0.303 e. The summed E-state index contributed by atoms with van der Waals surface area (Å²) >= 11 is 0. The maximum Gasteiger partial charge on any atom is 0.130 e. The van der Waals surface area contributed by atoms with Crippen molar-refractivity contribution in [3.63, 3.8) is 0 Å². The molecule has 0 aromatic carbocycles. The summed E-state index contributed by atoms with van der Waals surface area (Å²) < 4.78 is 0. The number of rotatable bonds is 3. The highest BCUT2D eigenvalue weighted by atomic mass is 16.1. The Balaban J connectivity index is 2.58. The van der Waals surface area contributed by atoms with Gasteiger partial charge in [-0.25, -0.2) is 0 Å². The van der Waals surface area contributed by atoms with Gasteiger partial charge in [-0.15, -0.1) is 0 Å². The number of ketones is 1. The molecule has 0 saturated heterocycles. The highest BCUT2D eigenvalue weighted by molar-refractivity contribution is 5.78. The molecule has 0 spiro atoms. The van der Waals surface area contributed by atoms with Gasteiger partial charge in [-0.2, -0.15) is 0 Å². The summed E-state index contributed by atoms with van der Waals surface area (Å²) in [6.07, 6.45) is 1.53. The molecule has 1 rings (SSSR count). The van der Waals surface area contributed by atoms with Gasteiger partial charge < -0.3 is 9.59 Å². The zero-order valence-corrected chi connectivity index (χ0v) is 7.26. The van der Waals surface area contributed by atoms with Gasteiger partial charge >= 0.3 is 0 Å². The largest absolute Gasteiger partial charge is 0.303 e. The molecule has 11 heavy (non-hydrogen) atoms. The van der Waals surface area contributed by atoms with Crippen molar-refractivity contribution in [2.24, 2.45) is 17.3 Å². The van der Waals surface area contributed by atoms with Crippen LogP contribution in [0.15, 0.2) is 0 Å². The van der Waals surface area contributed by atoms with E-state index >= 15 is 0 Å². The Morgan fingerprint density at radius 3 is 2.45 bits per heavy atom. The van der Waals surface area contributed by atoms with E-state index in [2.05, 4.69) is 0 Å². The van der Waals surface area contributed by atoms with Crippen molar-refractivity contribution in [1.82, 2.24) is 0 Å². The number of carbonyl (C=O) groups is 2. The first-order valence-corrected chi connectivity index (χ1v) is 3.97. The zero-order chi connectivity index (χ0) is 8.65. The molecule has 0 amide bonds. The Kier molecular flexibility index (Phi) is 1.87. The smallest absolute Gasteiger partial charge is 0.130 e. The number of carbonyl (C=O) groups excluding carboxylic acids is 2. The molecular weight excluding hydrogens is 140 g/mol. The van der Waals surface area contributed by atoms with Crippen molar-refractivity contribution in [3.05, 3.63) is 0 Å². The van der Waals surface area contributed by atoms with Crippen LogP contribution in [0.3, 0.4) is 0 Å². The van der Waals surface area contributed by atoms with E-state index in [4.69, 9.17) is 0 Å². The van der Waals surface area contributed by atoms with E-state index in [9.17, 15) is 9.59 Å². The quantitative estimate of drug-likeness (QED) is 0.576. The van der Waals surface area contributed by atoms with Crippen LogP contribution in [0, 0.1) is 17.3 Å². The predicted molar refractivity (Wildman–Crippen MR) is 42.1 cm³/mol. The molecule has 0 aromatic rings. The molecule has 1 fully saturated rings. The van der Waals surface area contributed by atoms with Gasteiger partial charge in [0.15, 0.2) is 0 Å². The van der Waals surface area contributed by atoms with E-state index in [0.717, 1.165) is 6.29 Å². The van der Waals surface area contributed by atoms with Gasteiger partial charge in [0.2, 0.25) is 0 Å². The minimum atomic E-state index is -0.0203. The lowest BCUT2D eigenvalue weighted by atomic mass is 9.98. The Labute approximate surface area is 67.0 Å². The summed E-state index contributed by atoms with van der Waals surface area (Å²) in [4.78, 5) is 21.3. The molecule has 0 aromatic heterocycles. The van der Waals surface area contributed by atoms with Crippen LogP contribution in [-0.4, -0.2) is 12.1 Å². The van der Waals surface area contributed by atoms with Crippen LogP contribution in [0.1, 0.15) is 27.2 Å². The molecule has 62 valence electrons. The van der Waals surface area contributed by atoms with Crippen molar-refractivity contribution >= 4 is 12.1 Å². The monoisotopic (exact) mass is 154 g/mol. The molecule has 1 saturated carbocycles. The van der Waals surface area contributed by atoms with Crippen LogP contribution >= 0.6 is 0 Å². The fourth-order valence-electron chi connectivity index (χ4n) is 1.93. The van der Waals surface area contributed by atoms with Gasteiger partial charge in [0.25, 0.3) is 0 Å². The Hall–Kier alpha value is -0.660. The van der Waals surface area contributed by atoms with Crippen molar-refractivity contribution in [3.8, 4) is 0 Å². The number of hydrogen-bond acceptors (Lipinski definition) is 2. The molecular formula is C9H14O2. The zero-order valence-electron chi connectivity index (χ0n) is 7.26. The Morgan fingerprint density at radius 1 is 1.64 bits per heavy atom. The molecule has 1 aliphatic rings. The molecule has 0 radical (unpaired) electrons. The van der Waals surface area contributed by atoms with Gasteiger partial charge in [-0.3, -0.25) is 0 Å². The van der Waals surface area contributed by atoms with E-state index in [-0.39, 0.29) is 17.1 Å². The summed E-state index contributed by atoms with van der Waals surface area (Å²) in [5.74, 6) is 0.694. The normalized spacial score (nSPS) is 41.7. The second kappa shape index (κ2) is 2.43. The van der Waals surface area contributed by atoms with E-state index in [0.29, 0.717) is 12.3 Å². The van der Waals surface area contributed by atoms with Gasteiger partial charge in [0.1, 0.15) is 12.1 Å². The molecule has 0 N–H and O–H groups in total. The average molecular weight is 154 g/mol. The summed E-state index contributed by atoms with van der Waals surface area (Å²) in [6.45, 7) is 5.62. The van der Waals surface area contributed by atoms with Crippen LogP contribution in [0.2, 0.25) is 0 Å². The number of hydrogen-bond donors (Lipinski definition) is 0. The molecule has 3 atom stereocenters. The summed E-state index contributed by atoms with van der Waals surface area (Å²) in [6, 6.07) is 0. The molecule has 2 heteroatoms. The first-order chi connectivity index (χ1) is 5.02. The van der Waals surface area contributed by atoms with Crippen molar-refractivity contribution in [1.29, 1.82) is 0 Å². The SMILES string of the molecule is CC(=O)CC1(C)C(C)C1C=O. The highest BCUT2D eigenvalue weighted by Gasteiger charge is 2.58. The third kappa shape index (κ3) is 1.22. The minimum absolute atomic E-state index is 0.0203. The van der Waals surface area contributed by atoms with Crippen LogP contribution in [-0.2, 0) is 9.59 Å². The third-order valence-corrected chi connectivity index (χ3v) is 3.01. The first-order valence-electron chi connectivity index (χ1n) is 3.97. The third-order valence-electron chi connectivity index (χ3n) is 3.01. The van der Waals surface area contributed by atoms with Gasteiger partial charge in [0, 0.05) is 12.3 Å². The predicted octanol–water partition coefficient (Wildman–Crippen LogP) is 1.44. The molecule has 0 aliphatic heterocycles. The van der Waals surface area contributed by atoms with Crippen molar-refractivity contribution in [2.45, 2.75) is 27.2 Å². The number of Topliss-reactive ketones (excluding diaryl/α,β-unsaturated/α-hetero) is 1. The van der Waals surface area contributed by atoms with Crippen molar-refractivity contribution < 1.29 is 9.59 Å². The van der Waals surface area contributed by atoms with Crippen molar-refractivity contribution in [2.75, 3.05) is 0 Å². The lowest BCUT2D eigenvalue weighted by molar-refractivity contribution is -0.118.